The molecule has 28 heavy (non-hydrogen) atoms. The number of rotatable bonds is 5. The smallest absolute Gasteiger partial charge is 0.263 e. The Bertz CT molecular complexity index is 919. The van der Waals surface area contributed by atoms with Gasteiger partial charge in [0.15, 0.2) is 0 Å². The molecule has 0 unspecified atom stereocenters. The molecule has 1 aliphatic rings. The Morgan fingerprint density at radius 2 is 2.04 bits per heavy atom. The minimum absolute atomic E-state index is 0.166. The van der Waals surface area contributed by atoms with E-state index in [0.717, 1.165) is 42.5 Å². The van der Waals surface area contributed by atoms with Crippen LogP contribution in [0.25, 0.3) is 0 Å². The molecule has 0 saturated carbocycles. The van der Waals surface area contributed by atoms with E-state index in [-0.39, 0.29) is 22.8 Å². The van der Waals surface area contributed by atoms with Gasteiger partial charge < -0.3 is 9.47 Å². The molecule has 150 valence electrons. The third-order valence-corrected chi connectivity index (χ3v) is 5.91. The molecule has 1 atom stereocenters. The first-order valence-corrected chi connectivity index (χ1v) is 10.1. The van der Waals surface area contributed by atoms with E-state index in [2.05, 4.69) is 0 Å². The van der Waals surface area contributed by atoms with Crippen LogP contribution in [0.4, 0.5) is 4.39 Å². The summed E-state index contributed by atoms with van der Waals surface area (Å²) in [4.78, 5) is 27.5. The number of benzene rings is 1. The first-order chi connectivity index (χ1) is 13.4. The second-order valence-electron chi connectivity index (χ2n) is 7.79. The molecule has 4 nitrogen and oxygen atoms in total. The molecular formula is C23H29FN2O2. The van der Waals surface area contributed by atoms with E-state index in [1.165, 1.54) is 6.07 Å². The lowest BCUT2D eigenvalue weighted by Crippen LogP contribution is -2.43. The third-order valence-electron chi connectivity index (χ3n) is 5.91. The van der Waals surface area contributed by atoms with E-state index in [4.69, 9.17) is 0 Å². The summed E-state index contributed by atoms with van der Waals surface area (Å²) in [6.07, 6.45) is 4.22. The van der Waals surface area contributed by atoms with Gasteiger partial charge in [0.05, 0.1) is 0 Å². The van der Waals surface area contributed by atoms with Gasteiger partial charge in [-0.1, -0.05) is 25.1 Å². The summed E-state index contributed by atoms with van der Waals surface area (Å²) in [6.45, 7) is 5.26. The Morgan fingerprint density at radius 1 is 1.29 bits per heavy atom. The molecular weight excluding hydrogens is 355 g/mol. The maximum atomic E-state index is 13.9. The van der Waals surface area contributed by atoms with Crippen LogP contribution >= 0.6 is 0 Å². The normalized spacial score (nSPS) is 17.0. The molecule has 0 aliphatic carbocycles. The summed E-state index contributed by atoms with van der Waals surface area (Å²) in [7, 11) is 1.73. The molecule has 3 rings (SSSR count). The van der Waals surface area contributed by atoms with Crippen LogP contribution in [0.3, 0.4) is 0 Å². The van der Waals surface area contributed by atoms with Crippen LogP contribution in [0.15, 0.2) is 35.1 Å². The minimum atomic E-state index is -0.221. The largest absolute Gasteiger partial charge is 0.338 e. The van der Waals surface area contributed by atoms with Gasteiger partial charge in [0, 0.05) is 25.8 Å². The van der Waals surface area contributed by atoms with Crippen LogP contribution in [0.2, 0.25) is 0 Å². The summed E-state index contributed by atoms with van der Waals surface area (Å²) in [5.41, 5.74) is 2.70. The summed E-state index contributed by atoms with van der Waals surface area (Å²) in [5, 5.41) is 0. The monoisotopic (exact) mass is 384 g/mol. The van der Waals surface area contributed by atoms with E-state index in [1.807, 2.05) is 26.0 Å². The van der Waals surface area contributed by atoms with Crippen LogP contribution in [-0.2, 0) is 19.9 Å². The Labute approximate surface area is 166 Å². The zero-order valence-electron chi connectivity index (χ0n) is 17.0. The molecule has 1 aromatic heterocycles. The number of carbonyl (C=O) groups excluding carboxylic acids is 1. The molecule has 0 radical (unpaired) electrons. The third kappa shape index (κ3) is 4.18. The van der Waals surface area contributed by atoms with E-state index in [1.54, 1.807) is 28.6 Å². The van der Waals surface area contributed by atoms with Gasteiger partial charge in [-0.3, -0.25) is 9.59 Å². The lowest BCUT2D eigenvalue weighted by Gasteiger charge is -2.33. The number of aryl methyl sites for hydroxylation is 2. The summed E-state index contributed by atoms with van der Waals surface area (Å²) in [5.74, 6) is -0.0136. The van der Waals surface area contributed by atoms with Crippen molar-refractivity contribution in [1.82, 2.24) is 9.47 Å². The van der Waals surface area contributed by atoms with Crippen LogP contribution in [0.1, 0.15) is 53.4 Å². The number of hydrogen-bond donors (Lipinski definition) is 0. The number of hydrogen-bond acceptors (Lipinski definition) is 2. The molecule has 1 amide bonds. The Morgan fingerprint density at radius 3 is 2.75 bits per heavy atom. The zero-order chi connectivity index (χ0) is 20.3. The number of pyridine rings is 1. The van der Waals surface area contributed by atoms with Crippen LogP contribution in [0.5, 0.6) is 0 Å². The van der Waals surface area contributed by atoms with Gasteiger partial charge in [-0.15, -0.1) is 0 Å². The second-order valence-corrected chi connectivity index (χ2v) is 7.79. The molecule has 1 fully saturated rings. The summed E-state index contributed by atoms with van der Waals surface area (Å²) >= 11 is 0. The second kappa shape index (κ2) is 8.72. The highest BCUT2D eigenvalue weighted by molar-refractivity contribution is 5.94. The molecule has 1 aliphatic heterocycles. The van der Waals surface area contributed by atoms with Gasteiger partial charge in [-0.05, 0) is 68.2 Å². The quantitative estimate of drug-likeness (QED) is 0.785. The van der Waals surface area contributed by atoms with Crippen molar-refractivity contribution in [2.45, 2.75) is 46.0 Å². The molecule has 2 aromatic rings. The standard InChI is InChI=1S/C23H29FN2O2/c1-4-21-16(2)14-19(22(27)25(21)3)23(28)26-13-7-8-17(15-26)11-12-18-9-5-6-10-20(18)24/h5-6,9-10,14,17H,4,7-8,11-13,15H2,1-3H3/t17-/m0/s1. The van der Waals surface area contributed by atoms with Gasteiger partial charge in [-0.25, -0.2) is 4.39 Å². The number of nitrogens with zero attached hydrogens (tertiary/aromatic N) is 2. The van der Waals surface area contributed by atoms with Crippen molar-refractivity contribution >= 4 is 5.91 Å². The van der Waals surface area contributed by atoms with E-state index < -0.39 is 0 Å². The Balaban J connectivity index is 1.71. The highest BCUT2D eigenvalue weighted by Gasteiger charge is 2.27. The van der Waals surface area contributed by atoms with Crippen molar-refractivity contribution in [2.24, 2.45) is 13.0 Å². The number of aromatic nitrogens is 1. The molecule has 2 heterocycles. The molecule has 0 N–H and O–H groups in total. The lowest BCUT2D eigenvalue weighted by atomic mass is 9.91. The predicted octanol–water partition coefficient (Wildman–Crippen LogP) is 3.88. The lowest BCUT2D eigenvalue weighted by molar-refractivity contribution is 0.0665. The predicted molar refractivity (Wildman–Crippen MR) is 109 cm³/mol. The number of piperidine rings is 1. The fourth-order valence-electron chi connectivity index (χ4n) is 4.31. The van der Waals surface area contributed by atoms with Crippen LogP contribution in [0, 0.1) is 18.7 Å². The van der Waals surface area contributed by atoms with Gasteiger partial charge in [0.2, 0.25) is 0 Å². The highest BCUT2D eigenvalue weighted by Crippen LogP contribution is 2.23. The van der Waals surface area contributed by atoms with Gasteiger partial charge >= 0.3 is 0 Å². The van der Waals surface area contributed by atoms with Crippen LogP contribution < -0.4 is 5.56 Å². The molecule has 1 aromatic carbocycles. The Kier molecular flexibility index (Phi) is 6.32. The molecule has 5 heteroatoms. The topological polar surface area (TPSA) is 42.3 Å². The van der Waals surface area contributed by atoms with E-state index >= 15 is 0 Å². The van der Waals surface area contributed by atoms with Gasteiger partial charge in [0.25, 0.3) is 11.5 Å². The van der Waals surface area contributed by atoms with Crippen molar-refractivity contribution in [1.29, 1.82) is 0 Å². The first-order valence-electron chi connectivity index (χ1n) is 10.1. The van der Waals surface area contributed by atoms with E-state index in [9.17, 15) is 14.0 Å². The van der Waals surface area contributed by atoms with Crippen molar-refractivity contribution < 1.29 is 9.18 Å². The average molecular weight is 384 g/mol. The Hall–Kier alpha value is -2.43. The van der Waals surface area contributed by atoms with Crippen molar-refractivity contribution in [3.05, 3.63) is 68.9 Å². The SMILES string of the molecule is CCc1c(C)cc(C(=O)N2CCC[C@@H](CCc3ccccc3F)C2)c(=O)n1C. The van der Waals surface area contributed by atoms with Crippen molar-refractivity contribution in [3.63, 3.8) is 0 Å². The molecule has 0 bridgehead atoms. The fourth-order valence-corrected chi connectivity index (χ4v) is 4.31. The number of halogens is 1. The summed E-state index contributed by atoms with van der Waals surface area (Å²) < 4.78 is 15.4. The number of amides is 1. The first kappa shape index (κ1) is 20.3. The van der Waals surface area contributed by atoms with Gasteiger partial charge in [-0.2, -0.15) is 0 Å². The van der Waals surface area contributed by atoms with Crippen molar-refractivity contribution in [2.75, 3.05) is 13.1 Å². The maximum absolute atomic E-state index is 13.9. The molecule has 1 saturated heterocycles. The number of carbonyl (C=O) groups is 1. The maximum Gasteiger partial charge on any atom is 0.263 e. The highest BCUT2D eigenvalue weighted by atomic mass is 19.1. The average Bonchev–Trinajstić information content (AvgIpc) is 2.70. The van der Waals surface area contributed by atoms with Crippen LogP contribution in [-0.4, -0.2) is 28.5 Å². The zero-order valence-corrected chi connectivity index (χ0v) is 17.0. The van der Waals surface area contributed by atoms with E-state index in [0.29, 0.717) is 25.4 Å². The van der Waals surface area contributed by atoms with Gasteiger partial charge in [0.1, 0.15) is 11.4 Å². The van der Waals surface area contributed by atoms with Crippen molar-refractivity contribution in [3.8, 4) is 0 Å². The summed E-state index contributed by atoms with van der Waals surface area (Å²) in [6, 6.07) is 8.61. The fraction of sp³-hybridized carbons (Fsp3) is 0.478. The number of likely N-dealkylation sites (tertiary alicyclic amines) is 1. The molecule has 0 spiro atoms. The minimum Gasteiger partial charge on any atom is -0.338 e.